The smallest absolute Gasteiger partial charge is 0.286 e. The highest BCUT2D eigenvalue weighted by Gasteiger charge is 2.27. The summed E-state index contributed by atoms with van der Waals surface area (Å²) in [6.45, 7) is 5.23. The second-order valence-corrected chi connectivity index (χ2v) is 6.12. The maximum absolute atomic E-state index is 12.6. The van der Waals surface area contributed by atoms with Gasteiger partial charge in [0.25, 0.3) is 11.5 Å². The minimum absolute atomic E-state index is 0.197. The zero-order chi connectivity index (χ0) is 18.0. The number of benzene rings is 1. The molecule has 0 aliphatic carbocycles. The molecule has 0 fully saturated rings. The molecule has 2 heterocycles. The Morgan fingerprint density at radius 1 is 1.28 bits per heavy atom. The summed E-state index contributed by atoms with van der Waals surface area (Å²) in [5, 5.41) is 10.7. The molecular formula is C17H21N5O3. The molecule has 0 bridgehead atoms. The molecule has 1 aliphatic rings. The van der Waals surface area contributed by atoms with Gasteiger partial charge in [-0.3, -0.25) is 14.2 Å². The molecular weight excluding hydrogens is 322 g/mol. The van der Waals surface area contributed by atoms with Crippen LogP contribution in [0.2, 0.25) is 0 Å². The summed E-state index contributed by atoms with van der Waals surface area (Å²) in [6.07, 6.45) is 0. The monoisotopic (exact) mass is 343 g/mol. The molecule has 0 saturated carbocycles. The van der Waals surface area contributed by atoms with Gasteiger partial charge in [0.05, 0.1) is 6.61 Å². The summed E-state index contributed by atoms with van der Waals surface area (Å²) in [5.41, 5.74) is 1.47. The van der Waals surface area contributed by atoms with Gasteiger partial charge in [-0.1, -0.05) is 17.7 Å². The minimum Gasteiger partial charge on any atom is -0.383 e. The molecule has 8 heteroatoms. The van der Waals surface area contributed by atoms with E-state index in [1.165, 1.54) is 4.57 Å². The SMILES string of the molecule is COCC(C)NC(=O)c1nnc2n(c1=O)CCN2c1ccc(C)cc1. The largest absolute Gasteiger partial charge is 0.383 e. The molecule has 1 amide bonds. The molecule has 0 spiro atoms. The van der Waals surface area contributed by atoms with Crippen molar-refractivity contribution < 1.29 is 9.53 Å². The number of methoxy groups -OCH3 is 1. The van der Waals surface area contributed by atoms with E-state index in [4.69, 9.17) is 4.74 Å². The summed E-state index contributed by atoms with van der Waals surface area (Å²) >= 11 is 0. The lowest BCUT2D eigenvalue weighted by Crippen LogP contribution is -2.40. The van der Waals surface area contributed by atoms with Gasteiger partial charge in [0.1, 0.15) is 0 Å². The predicted octanol–water partition coefficient (Wildman–Crippen LogP) is 0.863. The van der Waals surface area contributed by atoms with Gasteiger partial charge in [-0.15, -0.1) is 10.2 Å². The van der Waals surface area contributed by atoms with Crippen molar-refractivity contribution >= 4 is 17.5 Å². The molecule has 0 radical (unpaired) electrons. The Balaban J connectivity index is 1.87. The van der Waals surface area contributed by atoms with Crippen molar-refractivity contribution in [2.45, 2.75) is 26.4 Å². The zero-order valence-corrected chi connectivity index (χ0v) is 14.5. The van der Waals surface area contributed by atoms with E-state index in [9.17, 15) is 9.59 Å². The number of carbonyl (C=O) groups excluding carboxylic acids is 1. The van der Waals surface area contributed by atoms with E-state index < -0.39 is 11.5 Å². The van der Waals surface area contributed by atoms with Gasteiger partial charge in [-0.25, -0.2) is 0 Å². The van der Waals surface area contributed by atoms with Crippen LogP contribution in [0.1, 0.15) is 23.0 Å². The summed E-state index contributed by atoms with van der Waals surface area (Å²) < 4.78 is 6.46. The van der Waals surface area contributed by atoms with Gasteiger partial charge in [-0.05, 0) is 26.0 Å². The minimum atomic E-state index is -0.536. The van der Waals surface area contributed by atoms with E-state index in [2.05, 4.69) is 15.5 Å². The summed E-state index contributed by atoms with van der Waals surface area (Å²) in [6, 6.07) is 7.74. The fourth-order valence-corrected chi connectivity index (χ4v) is 2.81. The van der Waals surface area contributed by atoms with E-state index in [0.29, 0.717) is 25.6 Å². The third-order valence-corrected chi connectivity index (χ3v) is 4.07. The van der Waals surface area contributed by atoms with Gasteiger partial charge in [0, 0.05) is 31.9 Å². The number of fused-ring (bicyclic) bond motifs is 1. The predicted molar refractivity (Wildman–Crippen MR) is 93.3 cm³/mol. The maximum atomic E-state index is 12.6. The Hall–Kier alpha value is -2.74. The van der Waals surface area contributed by atoms with Crippen LogP contribution in [0.25, 0.3) is 0 Å². The summed E-state index contributed by atoms with van der Waals surface area (Å²) in [5.74, 6) is -0.0820. The maximum Gasteiger partial charge on any atom is 0.286 e. The second-order valence-electron chi connectivity index (χ2n) is 6.12. The number of hydrogen-bond donors (Lipinski definition) is 1. The molecule has 1 atom stereocenters. The molecule has 1 N–H and O–H groups in total. The third kappa shape index (κ3) is 3.39. The third-order valence-electron chi connectivity index (χ3n) is 4.07. The molecule has 0 saturated heterocycles. The number of aromatic nitrogens is 3. The molecule has 132 valence electrons. The highest BCUT2D eigenvalue weighted by Crippen LogP contribution is 2.26. The molecule has 8 nitrogen and oxygen atoms in total. The molecule has 1 unspecified atom stereocenters. The van der Waals surface area contributed by atoms with Crippen LogP contribution in [0.5, 0.6) is 0 Å². The molecule has 1 aromatic heterocycles. The number of ether oxygens (including phenoxy) is 1. The standard InChI is InChI=1S/C17H21N5O3/c1-11-4-6-13(7-5-11)21-8-9-22-16(24)14(19-20-17(21)22)15(23)18-12(2)10-25-3/h4-7,12H,8-10H2,1-3H3,(H,18,23). The highest BCUT2D eigenvalue weighted by molar-refractivity contribution is 5.92. The van der Waals surface area contributed by atoms with Crippen LogP contribution in [0.3, 0.4) is 0 Å². The van der Waals surface area contributed by atoms with Crippen LogP contribution in [0.4, 0.5) is 11.6 Å². The van der Waals surface area contributed by atoms with Crippen LogP contribution in [-0.2, 0) is 11.3 Å². The van der Waals surface area contributed by atoms with Crippen LogP contribution < -0.4 is 15.8 Å². The fraction of sp³-hybridized carbons (Fsp3) is 0.412. The van der Waals surface area contributed by atoms with Crippen LogP contribution in [-0.4, -0.2) is 47.0 Å². The Morgan fingerprint density at radius 2 is 2.00 bits per heavy atom. The first-order valence-corrected chi connectivity index (χ1v) is 8.12. The topological polar surface area (TPSA) is 89.3 Å². The lowest BCUT2D eigenvalue weighted by molar-refractivity contribution is 0.0897. The zero-order valence-electron chi connectivity index (χ0n) is 14.5. The Kier molecular flexibility index (Phi) is 4.80. The highest BCUT2D eigenvalue weighted by atomic mass is 16.5. The summed E-state index contributed by atoms with van der Waals surface area (Å²) in [7, 11) is 1.55. The van der Waals surface area contributed by atoms with Crippen LogP contribution in [0.15, 0.2) is 29.1 Å². The van der Waals surface area contributed by atoms with E-state index in [1.54, 1.807) is 14.0 Å². The van der Waals surface area contributed by atoms with Gasteiger partial charge in [0.2, 0.25) is 11.6 Å². The average molecular weight is 343 g/mol. The number of carbonyl (C=O) groups is 1. The number of hydrogen-bond acceptors (Lipinski definition) is 6. The quantitative estimate of drug-likeness (QED) is 0.866. The number of amides is 1. The number of nitrogens with one attached hydrogen (secondary N) is 1. The molecule has 1 aliphatic heterocycles. The van der Waals surface area contributed by atoms with Crippen LogP contribution >= 0.6 is 0 Å². The first-order chi connectivity index (χ1) is 12.0. The van der Waals surface area contributed by atoms with Crippen molar-refractivity contribution in [1.82, 2.24) is 20.1 Å². The molecule has 2 aromatic rings. The Morgan fingerprint density at radius 3 is 2.68 bits per heavy atom. The molecule has 25 heavy (non-hydrogen) atoms. The van der Waals surface area contributed by atoms with Gasteiger partial charge < -0.3 is 15.0 Å². The molecule has 1 aromatic carbocycles. The lowest BCUT2D eigenvalue weighted by atomic mass is 10.2. The second kappa shape index (κ2) is 7.02. The number of anilines is 2. The van der Waals surface area contributed by atoms with E-state index >= 15 is 0 Å². The van der Waals surface area contributed by atoms with Gasteiger partial charge in [-0.2, -0.15) is 0 Å². The van der Waals surface area contributed by atoms with Crippen molar-refractivity contribution in [3.05, 3.63) is 45.9 Å². The van der Waals surface area contributed by atoms with Gasteiger partial charge in [0.15, 0.2) is 0 Å². The Bertz CT molecular complexity index is 831. The van der Waals surface area contributed by atoms with E-state index in [-0.39, 0.29) is 11.7 Å². The number of nitrogens with zero attached hydrogens (tertiary/aromatic N) is 4. The first-order valence-electron chi connectivity index (χ1n) is 8.12. The normalized spacial score (nSPS) is 14.3. The van der Waals surface area contributed by atoms with E-state index in [0.717, 1.165) is 11.3 Å². The van der Waals surface area contributed by atoms with Crippen molar-refractivity contribution in [3.63, 3.8) is 0 Å². The first kappa shape index (κ1) is 17.1. The van der Waals surface area contributed by atoms with Crippen molar-refractivity contribution in [3.8, 4) is 0 Å². The molecule has 3 rings (SSSR count). The Labute approximate surface area is 145 Å². The lowest BCUT2D eigenvalue weighted by Gasteiger charge is -2.17. The number of rotatable bonds is 5. The van der Waals surface area contributed by atoms with Crippen molar-refractivity contribution in [2.24, 2.45) is 0 Å². The van der Waals surface area contributed by atoms with Crippen LogP contribution in [0, 0.1) is 6.92 Å². The summed E-state index contributed by atoms with van der Waals surface area (Å²) in [4.78, 5) is 26.8. The average Bonchev–Trinajstić information content (AvgIpc) is 3.01. The van der Waals surface area contributed by atoms with Gasteiger partial charge >= 0.3 is 0 Å². The fourth-order valence-electron chi connectivity index (χ4n) is 2.81. The number of aryl methyl sites for hydroxylation is 1. The van der Waals surface area contributed by atoms with Crippen molar-refractivity contribution in [1.29, 1.82) is 0 Å². The van der Waals surface area contributed by atoms with E-state index in [1.807, 2.05) is 36.1 Å². The van der Waals surface area contributed by atoms with Crippen molar-refractivity contribution in [2.75, 3.05) is 25.2 Å².